The maximum absolute atomic E-state index is 7.69. The van der Waals surface area contributed by atoms with E-state index < -0.39 is 16.6 Å². The Morgan fingerprint density at radius 3 is 1.28 bits per heavy atom. The Kier molecular flexibility index (Phi) is 9.15. The summed E-state index contributed by atoms with van der Waals surface area (Å²) < 4.78 is 15.2. The Labute approximate surface area is 262 Å². The number of benzene rings is 4. The predicted octanol–water partition coefficient (Wildman–Crippen LogP) is 7.47. The van der Waals surface area contributed by atoms with Crippen LogP contribution in [0.1, 0.15) is 54.4 Å². The fourth-order valence-electron chi connectivity index (χ4n) is 7.24. The molecule has 4 heteroatoms. The third kappa shape index (κ3) is 5.91. The molecule has 0 bridgehead atoms. The van der Waals surface area contributed by atoms with Gasteiger partial charge in [-0.05, 0) is 43.7 Å². The molecule has 0 unspecified atom stereocenters. The summed E-state index contributed by atoms with van der Waals surface area (Å²) in [4.78, 5) is 0. The number of rotatable bonds is 9. The first kappa shape index (κ1) is 31.4. The normalized spacial score (nSPS) is 18.1. The Bertz CT molecular complexity index is 1390. The van der Waals surface area contributed by atoms with Crippen LogP contribution in [0, 0.1) is 5.92 Å². The molecule has 0 N–H and O–H groups in total. The number of hydrogen-bond acceptors (Lipinski definition) is 2. The molecule has 4 aromatic rings. The van der Waals surface area contributed by atoms with Crippen LogP contribution in [-0.4, -0.2) is 29.3 Å². The van der Waals surface area contributed by atoms with Gasteiger partial charge in [-0.1, -0.05) is 175 Å². The first-order valence-corrected chi connectivity index (χ1v) is 19.5. The second-order valence-electron chi connectivity index (χ2n) is 14.1. The van der Waals surface area contributed by atoms with Crippen molar-refractivity contribution in [3.63, 3.8) is 0 Å². The van der Waals surface area contributed by atoms with Gasteiger partial charge in [0.25, 0.3) is 16.6 Å². The molecule has 43 heavy (non-hydrogen) atoms. The summed E-state index contributed by atoms with van der Waals surface area (Å²) in [6, 6.07) is 43.8. The van der Waals surface area contributed by atoms with E-state index in [0.717, 1.165) is 12.8 Å². The maximum Gasteiger partial charge on any atom is 0.261 e. The monoisotopic (exact) mass is 604 g/mol. The zero-order chi connectivity index (χ0) is 30.7. The van der Waals surface area contributed by atoms with Gasteiger partial charge in [0.05, 0.1) is 6.10 Å². The molecule has 0 spiro atoms. The summed E-state index contributed by atoms with van der Waals surface area (Å²) in [5.74, 6) is 0.128. The Balaban J connectivity index is 1.57. The average Bonchev–Trinajstić information content (AvgIpc) is 3.35. The summed E-state index contributed by atoms with van der Waals surface area (Å²) >= 11 is 0. The third-order valence-corrected chi connectivity index (χ3v) is 19.4. The molecule has 1 aliphatic carbocycles. The minimum atomic E-state index is -2.71. The van der Waals surface area contributed by atoms with Crippen molar-refractivity contribution < 1.29 is 8.85 Å². The van der Waals surface area contributed by atoms with Crippen LogP contribution in [0.2, 0.25) is 10.1 Å². The lowest BCUT2D eigenvalue weighted by molar-refractivity contribution is 0.118. The highest BCUT2D eigenvalue weighted by molar-refractivity contribution is 7.00. The van der Waals surface area contributed by atoms with E-state index in [1.165, 1.54) is 26.3 Å². The van der Waals surface area contributed by atoms with Crippen LogP contribution in [0.25, 0.3) is 0 Å². The largest absolute Gasteiger partial charge is 0.407 e. The lowest BCUT2D eigenvalue weighted by Gasteiger charge is -2.46. The van der Waals surface area contributed by atoms with Crippen molar-refractivity contribution in [3.8, 4) is 0 Å². The SMILES string of the molecule is C=C1CC[C@H](O[Si](c2ccccc2)(c2ccccc2)C(C)(C)C)[C@H]1CO[Si](c1ccccc1)(c1ccccc1)C(C)(C)C. The van der Waals surface area contributed by atoms with E-state index >= 15 is 0 Å². The fourth-order valence-corrected chi connectivity index (χ4v) is 16.6. The minimum absolute atomic E-state index is 0.0389. The molecule has 0 aromatic heterocycles. The summed E-state index contributed by atoms with van der Waals surface area (Å²) in [5.41, 5.74) is 1.25. The Morgan fingerprint density at radius 2 is 0.930 bits per heavy atom. The second-order valence-corrected chi connectivity index (χ2v) is 22.7. The summed E-state index contributed by atoms with van der Waals surface area (Å²) in [6.45, 7) is 19.3. The molecule has 2 atom stereocenters. The first-order valence-electron chi connectivity index (χ1n) is 15.7. The molecule has 224 valence electrons. The van der Waals surface area contributed by atoms with Crippen LogP contribution in [0.4, 0.5) is 0 Å². The zero-order valence-corrected chi connectivity index (χ0v) is 28.8. The molecule has 0 saturated heterocycles. The van der Waals surface area contributed by atoms with Crippen molar-refractivity contribution in [1.29, 1.82) is 0 Å². The van der Waals surface area contributed by atoms with Gasteiger partial charge in [-0.15, -0.1) is 0 Å². The summed E-state index contributed by atoms with van der Waals surface area (Å²) in [7, 11) is -5.39. The standard InChI is InChI=1S/C39H48O2Si2/c1-31-28-29-37(41-43(39(5,6)7,34-24-16-10-17-25-34)35-26-18-11-19-27-35)36(31)30-40-42(38(2,3)4,32-20-12-8-13-21-32)33-22-14-9-15-23-33/h8-27,36-37H,1,28-30H2,2-7H3/t36-,37-/m0/s1. The number of hydrogen-bond donors (Lipinski definition) is 0. The van der Waals surface area contributed by atoms with Crippen molar-refractivity contribution in [1.82, 2.24) is 0 Å². The topological polar surface area (TPSA) is 18.5 Å². The van der Waals surface area contributed by atoms with Crippen LogP contribution < -0.4 is 20.7 Å². The van der Waals surface area contributed by atoms with Gasteiger partial charge in [0.1, 0.15) is 0 Å². The summed E-state index contributed by atoms with van der Waals surface area (Å²) in [5, 5.41) is 5.09. The highest BCUT2D eigenvalue weighted by Gasteiger charge is 2.54. The molecule has 0 amide bonds. The van der Waals surface area contributed by atoms with Crippen molar-refractivity contribution in [2.75, 3.05) is 6.61 Å². The van der Waals surface area contributed by atoms with Gasteiger partial charge < -0.3 is 8.85 Å². The van der Waals surface area contributed by atoms with Gasteiger partial charge in [-0.2, -0.15) is 0 Å². The third-order valence-electron chi connectivity index (χ3n) is 9.36. The van der Waals surface area contributed by atoms with Crippen LogP contribution in [-0.2, 0) is 8.85 Å². The lowest BCUT2D eigenvalue weighted by Crippen LogP contribution is -2.68. The molecule has 1 saturated carbocycles. The van der Waals surface area contributed by atoms with E-state index in [9.17, 15) is 0 Å². The summed E-state index contributed by atoms with van der Waals surface area (Å²) in [6.07, 6.45) is 1.98. The molecule has 2 nitrogen and oxygen atoms in total. The smallest absolute Gasteiger partial charge is 0.261 e. The highest BCUT2D eigenvalue weighted by Crippen LogP contribution is 2.43. The van der Waals surface area contributed by atoms with E-state index in [0.29, 0.717) is 6.61 Å². The predicted molar refractivity (Wildman–Crippen MR) is 188 cm³/mol. The molecule has 1 fully saturated rings. The molecular weight excluding hydrogens is 557 g/mol. The minimum Gasteiger partial charge on any atom is -0.407 e. The fraction of sp³-hybridized carbons (Fsp3) is 0.333. The van der Waals surface area contributed by atoms with Crippen molar-refractivity contribution in [3.05, 3.63) is 133 Å². The van der Waals surface area contributed by atoms with Gasteiger partial charge in [0, 0.05) is 12.5 Å². The van der Waals surface area contributed by atoms with Crippen molar-refractivity contribution in [2.45, 2.75) is 70.6 Å². The lowest BCUT2D eigenvalue weighted by atomic mass is 10.0. The quantitative estimate of drug-likeness (QED) is 0.146. The van der Waals surface area contributed by atoms with Gasteiger partial charge >= 0.3 is 0 Å². The zero-order valence-electron chi connectivity index (χ0n) is 26.8. The first-order chi connectivity index (χ1) is 20.5. The molecule has 4 aromatic carbocycles. The van der Waals surface area contributed by atoms with E-state index in [-0.39, 0.29) is 22.1 Å². The highest BCUT2D eigenvalue weighted by atomic mass is 28.4. The van der Waals surface area contributed by atoms with E-state index in [2.05, 4.69) is 169 Å². The molecule has 0 aliphatic heterocycles. The van der Waals surface area contributed by atoms with Crippen LogP contribution >= 0.6 is 0 Å². The molecule has 5 rings (SSSR count). The van der Waals surface area contributed by atoms with Gasteiger partial charge in [0.15, 0.2) is 0 Å². The molecule has 0 radical (unpaired) electrons. The molecule has 1 aliphatic rings. The van der Waals surface area contributed by atoms with E-state index in [1.54, 1.807) is 0 Å². The average molecular weight is 605 g/mol. The van der Waals surface area contributed by atoms with Crippen LogP contribution in [0.3, 0.4) is 0 Å². The Hall–Kier alpha value is -3.03. The molecular formula is C39H48O2Si2. The van der Waals surface area contributed by atoms with Crippen molar-refractivity contribution >= 4 is 37.4 Å². The van der Waals surface area contributed by atoms with Crippen molar-refractivity contribution in [2.24, 2.45) is 5.92 Å². The van der Waals surface area contributed by atoms with Gasteiger partial charge in [0.2, 0.25) is 0 Å². The van der Waals surface area contributed by atoms with E-state index in [4.69, 9.17) is 8.85 Å². The maximum atomic E-state index is 7.69. The van der Waals surface area contributed by atoms with E-state index in [1.807, 2.05) is 0 Å². The Morgan fingerprint density at radius 1 is 0.581 bits per heavy atom. The van der Waals surface area contributed by atoms with Crippen LogP contribution in [0.15, 0.2) is 133 Å². The second kappa shape index (κ2) is 12.5. The van der Waals surface area contributed by atoms with Gasteiger partial charge in [-0.3, -0.25) is 0 Å². The van der Waals surface area contributed by atoms with Crippen LogP contribution in [0.5, 0.6) is 0 Å². The van der Waals surface area contributed by atoms with Gasteiger partial charge in [-0.25, -0.2) is 0 Å². The molecule has 0 heterocycles.